The van der Waals surface area contributed by atoms with E-state index < -0.39 is 0 Å². The molecule has 0 aliphatic heterocycles. The number of hydrogen-bond acceptors (Lipinski definition) is 1. The largest absolute Gasteiger partial charge is 0.497 e. The summed E-state index contributed by atoms with van der Waals surface area (Å²) >= 11 is 0. The second kappa shape index (κ2) is 8.13. The molecule has 1 heteroatoms. The number of rotatable bonds is 5. The van der Waals surface area contributed by atoms with E-state index in [-0.39, 0.29) is 5.41 Å². The normalized spacial score (nSPS) is 18.0. The van der Waals surface area contributed by atoms with Crippen molar-refractivity contribution < 1.29 is 4.74 Å². The summed E-state index contributed by atoms with van der Waals surface area (Å²) in [6.07, 6.45) is 8.14. The third-order valence-electron chi connectivity index (χ3n) is 5.96. The van der Waals surface area contributed by atoms with Gasteiger partial charge < -0.3 is 4.74 Å². The molecule has 0 N–H and O–H groups in total. The average molecular weight is 381 g/mol. The first kappa shape index (κ1) is 19.3. The van der Waals surface area contributed by atoms with Crippen LogP contribution in [0.4, 0.5) is 0 Å². The highest BCUT2D eigenvalue weighted by Crippen LogP contribution is 2.47. The summed E-state index contributed by atoms with van der Waals surface area (Å²) in [6.45, 7) is 4.41. The Kier molecular flexibility index (Phi) is 5.40. The summed E-state index contributed by atoms with van der Waals surface area (Å²) < 4.78 is 5.44. The monoisotopic (exact) mass is 380 g/mol. The van der Waals surface area contributed by atoms with E-state index in [2.05, 4.69) is 111 Å². The van der Waals surface area contributed by atoms with E-state index in [1.165, 1.54) is 27.8 Å². The van der Waals surface area contributed by atoms with Gasteiger partial charge in [0.2, 0.25) is 0 Å². The van der Waals surface area contributed by atoms with Crippen LogP contribution in [0.5, 0.6) is 5.75 Å². The molecule has 0 radical (unpaired) electrons. The Morgan fingerprint density at radius 3 is 1.93 bits per heavy atom. The van der Waals surface area contributed by atoms with Crippen LogP contribution in [0, 0.1) is 12.8 Å². The summed E-state index contributed by atoms with van der Waals surface area (Å²) in [5.41, 5.74) is 6.05. The molecule has 0 fully saturated rings. The standard InChI is InChI=1S/C28H28O/c1-21-9-13-24(14-10-21)28(23-7-5-4-6-8-23,25-15-11-22(2)12-16-25)26-17-19-27(29-3)20-18-26/h4-11,13-20,22H,12H2,1-3H3. The van der Waals surface area contributed by atoms with Crippen molar-refractivity contribution in [3.05, 3.63) is 125 Å². The maximum absolute atomic E-state index is 5.44. The van der Waals surface area contributed by atoms with Crippen LogP contribution in [0.2, 0.25) is 0 Å². The molecule has 29 heavy (non-hydrogen) atoms. The molecule has 146 valence electrons. The number of allylic oxidation sites excluding steroid dienone is 4. The lowest BCUT2D eigenvalue weighted by Crippen LogP contribution is -2.32. The maximum Gasteiger partial charge on any atom is 0.118 e. The average Bonchev–Trinajstić information content (AvgIpc) is 2.78. The van der Waals surface area contributed by atoms with Gasteiger partial charge in [0, 0.05) is 0 Å². The molecule has 3 aromatic rings. The fourth-order valence-electron chi connectivity index (χ4n) is 4.34. The lowest BCUT2D eigenvalue weighted by molar-refractivity contribution is 0.414. The van der Waals surface area contributed by atoms with Crippen molar-refractivity contribution in [1.29, 1.82) is 0 Å². The van der Waals surface area contributed by atoms with Crippen molar-refractivity contribution in [2.45, 2.75) is 25.7 Å². The van der Waals surface area contributed by atoms with Gasteiger partial charge in [0.25, 0.3) is 0 Å². The highest BCUT2D eigenvalue weighted by molar-refractivity contribution is 5.62. The summed E-state index contributed by atoms with van der Waals surface area (Å²) in [7, 11) is 1.72. The molecule has 0 spiro atoms. The Bertz CT molecular complexity index is 1010. The second-order valence-corrected chi connectivity index (χ2v) is 7.94. The molecule has 0 saturated carbocycles. The first-order valence-corrected chi connectivity index (χ1v) is 10.3. The fourth-order valence-corrected chi connectivity index (χ4v) is 4.34. The van der Waals surface area contributed by atoms with Crippen molar-refractivity contribution in [2.24, 2.45) is 5.92 Å². The van der Waals surface area contributed by atoms with Crippen LogP contribution in [0.3, 0.4) is 0 Å². The van der Waals surface area contributed by atoms with Gasteiger partial charge in [0.05, 0.1) is 12.5 Å². The number of aryl methyl sites for hydroxylation is 1. The van der Waals surface area contributed by atoms with Gasteiger partial charge in [-0.2, -0.15) is 0 Å². The minimum absolute atomic E-state index is 0.363. The number of hydrogen-bond donors (Lipinski definition) is 0. The van der Waals surface area contributed by atoms with Gasteiger partial charge in [-0.25, -0.2) is 0 Å². The van der Waals surface area contributed by atoms with Crippen molar-refractivity contribution in [1.82, 2.24) is 0 Å². The molecular formula is C28H28O. The zero-order chi connectivity index (χ0) is 20.3. The summed E-state index contributed by atoms with van der Waals surface area (Å²) in [6, 6.07) is 28.4. The zero-order valence-electron chi connectivity index (χ0n) is 17.4. The Morgan fingerprint density at radius 2 is 1.38 bits per heavy atom. The zero-order valence-corrected chi connectivity index (χ0v) is 17.4. The minimum atomic E-state index is -0.363. The fraction of sp³-hybridized carbons (Fsp3) is 0.214. The molecule has 0 saturated heterocycles. The number of ether oxygens (including phenoxy) is 1. The van der Waals surface area contributed by atoms with Crippen molar-refractivity contribution in [3.8, 4) is 5.75 Å². The minimum Gasteiger partial charge on any atom is -0.497 e. The number of benzene rings is 3. The predicted molar refractivity (Wildman–Crippen MR) is 122 cm³/mol. The van der Waals surface area contributed by atoms with E-state index in [9.17, 15) is 0 Å². The topological polar surface area (TPSA) is 9.23 Å². The third-order valence-corrected chi connectivity index (χ3v) is 5.96. The molecule has 2 unspecified atom stereocenters. The van der Waals surface area contributed by atoms with Crippen LogP contribution in [-0.2, 0) is 5.41 Å². The van der Waals surface area contributed by atoms with Gasteiger partial charge in [-0.05, 0) is 53.7 Å². The molecular weight excluding hydrogens is 352 g/mol. The van der Waals surface area contributed by atoms with E-state index in [0.29, 0.717) is 5.92 Å². The van der Waals surface area contributed by atoms with E-state index >= 15 is 0 Å². The molecule has 0 heterocycles. The molecule has 1 aliphatic carbocycles. The van der Waals surface area contributed by atoms with Gasteiger partial charge in [-0.3, -0.25) is 0 Å². The molecule has 3 aromatic carbocycles. The van der Waals surface area contributed by atoms with Gasteiger partial charge in [0.1, 0.15) is 5.75 Å². The van der Waals surface area contributed by atoms with Crippen LogP contribution in [0.1, 0.15) is 35.6 Å². The van der Waals surface area contributed by atoms with Crippen LogP contribution >= 0.6 is 0 Å². The highest BCUT2D eigenvalue weighted by atomic mass is 16.5. The summed E-state index contributed by atoms with van der Waals surface area (Å²) in [5.74, 6) is 1.45. The second-order valence-electron chi connectivity index (χ2n) is 7.94. The molecule has 4 rings (SSSR count). The van der Waals surface area contributed by atoms with Crippen LogP contribution in [0.25, 0.3) is 0 Å². The molecule has 0 amide bonds. The lowest BCUT2D eigenvalue weighted by atomic mass is 9.63. The predicted octanol–water partition coefficient (Wildman–Crippen LogP) is 6.86. The Labute approximate surface area is 174 Å². The van der Waals surface area contributed by atoms with Crippen molar-refractivity contribution in [2.75, 3.05) is 7.11 Å². The van der Waals surface area contributed by atoms with E-state index in [0.717, 1.165) is 12.2 Å². The van der Waals surface area contributed by atoms with Crippen molar-refractivity contribution in [3.63, 3.8) is 0 Å². The molecule has 0 bridgehead atoms. The van der Waals surface area contributed by atoms with E-state index in [1.54, 1.807) is 7.11 Å². The molecule has 2 atom stereocenters. The molecule has 1 nitrogen and oxygen atoms in total. The van der Waals surface area contributed by atoms with Gasteiger partial charge in [-0.1, -0.05) is 97.4 Å². The van der Waals surface area contributed by atoms with Crippen molar-refractivity contribution >= 4 is 0 Å². The quantitative estimate of drug-likeness (QED) is 0.439. The van der Waals surface area contributed by atoms with Gasteiger partial charge in [0.15, 0.2) is 0 Å². The lowest BCUT2D eigenvalue weighted by Gasteiger charge is -2.39. The first-order valence-electron chi connectivity index (χ1n) is 10.3. The van der Waals surface area contributed by atoms with Crippen LogP contribution in [-0.4, -0.2) is 7.11 Å². The van der Waals surface area contributed by atoms with Crippen LogP contribution in [0.15, 0.2) is 103 Å². The molecule has 0 aromatic heterocycles. The SMILES string of the molecule is COc1ccc(C(C2=CCC(C)C=C2)(c2ccccc2)c2ccc(C)cc2)cc1. The molecule has 1 aliphatic rings. The van der Waals surface area contributed by atoms with E-state index in [4.69, 9.17) is 4.74 Å². The highest BCUT2D eigenvalue weighted by Gasteiger charge is 2.39. The smallest absolute Gasteiger partial charge is 0.118 e. The number of methoxy groups -OCH3 is 1. The third kappa shape index (κ3) is 3.53. The van der Waals surface area contributed by atoms with Crippen LogP contribution < -0.4 is 4.74 Å². The maximum atomic E-state index is 5.44. The Hall–Kier alpha value is -3.06. The first-order chi connectivity index (χ1) is 14.1. The van der Waals surface area contributed by atoms with E-state index in [1.807, 2.05) is 0 Å². The summed E-state index contributed by atoms with van der Waals surface area (Å²) in [4.78, 5) is 0. The summed E-state index contributed by atoms with van der Waals surface area (Å²) in [5, 5.41) is 0. The Balaban J connectivity index is 2.04. The van der Waals surface area contributed by atoms with Gasteiger partial charge in [-0.15, -0.1) is 0 Å². The Morgan fingerprint density at radius 1 is 0.793 bits per heavy atom. The van der Waals surface area contributed by atoms with Gasteiger partial charge >= 0.3 is 0 Å².